The lowest BCUT2D eigenvalue weighted by Crippen LogP contribution is -2.34. The summed E-state index contributed by atoms with van der Waals surface area (Å²) in [7, 11) is 1.66. The van der Waals surface area contributed by atoms with E-state index in [9.17, 15) is 4.79 Å². The number of hydrogen-bond acceptors (Lipinski definition) is 3. The van der Waals surface area contributed by atoms with Gasteiger partial charge in [0, 0.05) is 11.1 Å². The molecule has 0 saturated heterocycles. The third-order valence-electron chi connectivity index (χ3n) is 6.49. The molecular formula is C30H26O3. The van der Waals surface area contributed by atoms with Crippen molar-refractivity contribution < 1.29 is 14.3 Å². The second-order valence-corrected chi connectivity index (χ2v) is 8.40. The van der Waals surface area contributed by atoms with E-state index >= 15 is 0 Å². The molecule has 0 aliphatic heterocycles. The number of carbonyl (C=O) groups excluding carboxylic acids is 1. The van der Waals surface area contributed by atoms with Crippen molar-refractivity contribution in [3.63, 3.8) is 0 Å². The van der Waals surface area contributed by atoms with Crippen molar-refractivity contribution in [2.75, 3.05) is 7.11 Å². The number of hydrogen-bond donors (Lipinski definition) is 0. The number of esters is 1. The molecule has 2 atom stereocenters. The van der Waals surface area contributed by atoms with Gasteiger partial charge in [-0.1, -0.05) is 91.0 Å². The fraction of sp³-hybridized carbons (Fsp3) is 0.167. The second-order valence-electron chi connectivity index (χ2n) is 8.40. The molecule has 4 aromatic carbocycles. The highest BCUT2D eigenvalue weighted by Gasteiger charge is 2.39. The van der Waals surface area contributed by atoms with Gasteiger partial charge in [-0.2, -0.15) is 0 Å². The quantitative estimate of drug-likeness (QED) is 0.239. The number of methoxy groups -OCH3 is 1. The average Bonchev–Trinajstić information content (AvgIpc) is 2.84. The van der Waals surface area contributed by atoms with Crippen molar-refractivity contribution in [3.8, 4) is 33.8 Å². The number of carbonyl (C=O) groups is 1. The van der Waals surface area contributed by atoms with E-state index in [2.05, 4.69) is 6.07 Å². The Morgan fingerprint density at radius 2 is 1.33 bits per heavy atom. The summed E-state index contributed by atoms with van der Waals surface area (Å²) >= 11 is 0. The Kier molecular flexibility index (Phi) is 5.95. The first-order valence-electron chi connectivity index (χ1n) is 11.3. The minimum absolute atomic E-state index is 0.150. The van der Waals surface area contributed by atoms with Crippen LogP contribution < -0.4 is 9.47 Å². The first-order chi connectivity index (χ1) is 16.2. The van der Waals surface area contributed by atoms with Crippen molar-refractivity contribution >= 4 is 5.97 Å². The van der Waals surface area contributed by atoms with Gasteiger partial charge in [0.25, 0.3) is 0 Å². The zero-order valence-corrected chi connectivity index (χ0v) is 18.6. The standard InChI is InChI=1S/C30H26O3/c1-32-24-15-8-14-23(20-24)25-18-19-28(25)30(31)33-29-26(21-10-4-2-5-11-21)16-9-17-27(29)22-12-6-3-7-13-22/h2-17,20,25,28H,18-19H2,1H3/t25-,28+/m1/s1. The van der Waals surface area contributed by atoms with E-state index in [1.54, 1.807) is 7.11 Å². The van der Waals surface area contributed by atoms with Gasteiger partial charge in [-0.3, -0.25) is 4.79 Å². The Bertz CT molecular complexity index is 1190. The summed E-state index contributed by atoms with van der Waals surface area (Å²) in [6.07, 6.45) is 1.80. The molecule has 1 saturated carbocycles. The van der Waals surface area contributed by atoms with E-state index < -0.39 is 0 Å². The molecule has 5 rings (SSSR count). The Morgan fingerprint density at radius 3 is 1.88 bits per heavy atom. The zero-order valence-electron chi connectivity index (χ0n) is 18.6. The van der Waals surface area contributed by atoms with Crippen LogP contribution in [0.4, 0.5) is 0 Å². The number of rotatable bonds is 6. The number of benzene rings is 4. The van der Waals surface area contributed by atoms with E-state index in [1.165, 1.54) is 0 Å². The molecule has 1 aliphatic carbocycles. The van der Waals surface area contributed by atoms with Crippen LogP contribution in [0.2, 0.25) is 0 Å². The fourth-order valence-electron chi connectivity index (χ4n) is 4.57. The molecule has 0 N–H and O–H groups in total. The maximum absolute atomic E-state index is 13.4. The Hall–Kier alpha value is -3.85. The molecule has 4 aromatic rings. The van der Waals surface area contributed by atoms with Gasteiger partial charge in [0.2, 0.25) is 0 Å². The Labute approximate surface area is 194 Å². The van der Waals surface area contributed by atoms with Crippen LogP contribution in [0.15, 0.2) is 103 Å². The fourth-order valence-corrected chi connectivity index (χ4v) is 4.57. The van der Waals surface area contributed by atoms with Crippen molar-refractivity contribution in [1.82, 2.24) is 0 Å². The number of ether oxygens (including phenoxy) is 2. The third-order valence-corrected chi connectivity index (χ3v) is 6.49. The van der Waals surface area contributed by atoms with Gasteiger partial charge in [0.1, 0.15) is 11.5 Å². The molecule has 33 heavy (non-hydrogen) atoms. The molecule has 3 nitrogen and oxygen atoms in total. The molecule has 0 unspecified atom stereocenters. The summed E-state index contributed by atoms with van der Waals surface area (Å²) in [4.78, 5) is 13.4. The van der Waals surface area contributed by atoms with E-state index in [1.807, 2.05) is 97.1 Å². The van der Waals surface area contributed by atoms with Gasteiger partial charge in [-0.05, 0) is 47.6 Å². The van der Waals surface area contributed by atoms with Crippen LogP contribution in [0.25, 0.3) is 22.3 Å². The van der Waals surface area contributed by atoms with Gasteiger partial charge < -0.3 is 9.47 Å². The molecule has 0 amide bonds. The topological polar surface area (TPSA) is 35.5 Å². The SMILES string of the molecule is COc1cccc([C@H]2CC[C@@H]2C(=O)Oc2c(-c3ccccc3)cccc2-c2ccccc2)c1. The van der Waals surface area contributed by atoms with Crippen molar-refractivity contribution in [2.45, 2.75) is 18.8 Å². The highest BCUT2D eigenvalue weighted by atomic mass is 16.5. The predicted molar refractivity (Wildman–Crippen MR) is 131 cm³/mol. The van der Waals surface area contributed by atoms with Crippen molar-refractivity contribution in [1.29, 1.82) is 0 Å². The predicted octanol–water partition coefficient (Wildman–Crippen LogP) is 7.13. The molecule has 0 bridgehead atoms. The monoisotopic (exact) mass is 434 g/mol. The first-order valence-corrected chi connectivity index (χ1v) is 11.3. The molecular weight excluding hydrogens is 408 g/mol. The summed E-state index contributed by atoms with van der Waals surface area (Å²) in [5.74, 6) is 1.25. The maximum Gasteiger partial charge on any atom is 0.314 e. The van der Waals surface area contributed by atoms with Gasteiger partial charge in [0.05, 0.1) is 13.0 Å². The highest BCUT2D eigenvalue weighted by molar-refractivity contribution is 5.87. The average molecular weight is 435 g/mol. The third kappa shape index (κ3) is 4.27. The maximum atomic E-state index is 13.4. The molecule has 164 valence electrons. The Morgan fingerprint density at radius 1 is 0.727 bits per heavy atom. The van der Waals surface area contributed by atoms with Crippen LogP contribution in [-0.4, -0.2) is 13.1 Å². The molecule has 1 fully saturated rings. The lowest BCUT2D eigenvalue weighted by Gasteiger charge is -2.35. The summed E-state index contributed by atoms with van der Waals surface area (Å²) in [5.41, 5.74) is 5.01. The zero-order chi connectivity index (χ0) is 22.6. The van der Waals surface area contributed by atoms with E-state index in [4.69, 9.17) is 9.47 Å². The van der Waals surface area contributed by atoms with Gasteiger partial charge in [0.15, 0.2) is 0 Å². The van der Waals surface area contributed by atoms with Crippen LogP contribution in [0.1, 0.15) is 24.3 Å². The molecule has 0 aromatic heterocycles. The number of para-hydroxylation sites is 1. The van der Waals surface area contributed by atoms with Crippen molar-refractivity contribution in [3.05, 3.63) is 109 Å². The lowest BCUT2D eigenvalue weighted by molar-refractivity contribution is -0.142. The van der Waals surface area contributed by atoms with Crippen molar-refractivity contribution in [2.24, 2.45) is 5.92 Å². The van der Waals surface area contributed by atoms with Crippen LogP contribution in [0.3, 0.4) is 0 Å². The van der Waals surface area contributed by atoms with Crippen LogP contribution in [0.5, 0.6) is 11.5 Å². The summed E-state index contributed by atoms with van der Waals surface area (Å²) in [5, 5.41) is 0. The van der Waals surface area contributed by atoms with Crippen LogP contribution in [-0.2, 0) is 4.79 Å². The van der Waals surface area contributed by atoms with Gasteiger partial charge >= 0.3 is 5.97 Å². The smallest absolute Gasteiger partial charge is 0.314 e. The minimum Gasteiger partial charge on any atom is -0.497 e. The molecule has 3 heteroatoms. The normalized spacial score (nSPS) is 17.1. The lowest BCUT2D eigenvalue weighted by atomic mass is 9.70. The Balaban J connectivity index is 1.50. The van der Waals surface area contributed by atoms with E-state index in [-0.39, 0.29) is 17.8 Å². The molecule has 1 aliphatic rings. The largest absolute Gasteiger partial charge is 0.497 e. The molecule has 0 spiro atoms. The second kappa shape index (κ2) is 9.33. The molecule has 0 heterocycles. The van der Waals surface area contributed by atoms with E-state index in [0.717, 1.165) is 46.4 Å². The summed E-state index contributed by atoms with van der Waals surface area (Å²) in [6.45, 7) is 0. The summed E-state index contributed by atoms with van der Waals surface area (Å²) < 4.78 is 11.6. The first kappa shape index (κ1) is 21.0. The summed E-state index contributed by atoms with van der Waals surface area (Å²) in [6, 6.07) is 34.2. The minimum atomic E-state index is -0.172. The van der Waals surface area contributed by atoms with Gasteiger partial charge in [-0.15, -0.1) is 0 Å². The van der Waals surface area contributed by atoms with Crippen LogP contribution >= 0.6 is 0 Å². The highest BCUT2D eigenvalue weighted by Crippen LogP contribution is 2.46. The van der Waals surface area contributed by atoms with Gasteiger partial charge in [-0.25, -0.2) is 0 Å². The molecule has 0 radical (unpaired) electrons. The van der Waals surface area contributed by atoms with E-state index in [0.29, 0.717) is 5.75 Å². The van der Waals surface area contributed by atoms with Crippen LogP contribution in [0, 0.1) is 5.92 Å².